The van der Waals surface area contributed by atoms with Gasteiger partial charge in [0.05, 0.1) is 0 Å². The topological polar surface area (TPSA) is 38.7 Å². The average Bonchev–Trinajstić information content (AvgIpc) is 2.88. The molecule has 1 heterocycles. The summed E-state index contributed by atoms with van der Waals surface area (Å²) in [5.74, 6) is 1.13. The van der Waals surface area contributed by atoms with E-state index in [1.165, 1.54) is 16.3 Å². The lowest BCUT2D eigenvalue weighted by atomic mass is 9.98. The number of hydrogen-bond acceptors (Lipinski definition) is 3. The van der Waals surface area contributed by atoms with Gasteiger partial charge in [-0.1, -0.05) is 109 Å². The number of fused-ring (bicyclic) bond motifs is 3. The van der Waals surface area contributed by atoms with Gasteiger partial charge in [-0.05, 0) is 44.3 Å². The minimum Gasteiger partial charge on any atom is -0.208 e. The molecular weight excluding hydrogens is 426 g/mol. The summed E-state index contributed by atoms with van der Waals surface area (Å²) < 4.78 is 0. The summed E-state index contributed by atoms with van der Waals surface area (Å²) in [5.41, 5.74) is 4.14. The predicted molar refractivity (Wildman–Crippen MR) is 136 cm³/mol. The molecule has 33 heavy (non-hydrogen) atoms. The van der Waals surface area contributed by atoms with Gasteiger partial charge >= 0.3 is 0 Å². The van der Waals surface area contributed by atoms with Crippen molar-refractivity contribution in [2.75, 3.05) is 0 Å². The first-order valence-electron chi connectivity index (χ1n) is 10.7. The summed E-state index contributed by atoms with van der Waals surface area (Å²) >= 11 is 6.36. The van der Waals surface area contributed by atoms with E-state index >= 15 is 0 Å². The molecule has 4 heteroatoms. The summed E-state index contributed by atoms with van der Waals surface area (Å²) in [6, 6.07) is 37.3. The molecule has 0 radical (unpaired) electrons. The van der Waals surface area contributed by atoms with Gasteiger partial charge < -0.3 is 0 Å². The summed E-state index contributed by atoms with van der Waals surface area (Å²) in [7, 11) is 0. The maximum absolute atomic E-state index is 6.36. The van der Waals surface area contributed by atoms with Crippen LogP contribution in [0.25, 0.3) is 55.4 Å². The summed E-state index contributed by atoms with van der Waals surface area (Å²) in [6.45, 7) is 0. The SMILES string of the molecule is Clc1nc(-c2ccc(-c3ccccc3)cc2)nc(-c2cccc3c2ccc2ccccc23)n1. The second kappa shape index (κ2) is 8.12. The molecule has 0 amide bonds. The van der Waals surface area contributed by atoms with Crippen LogP contribution < -0.4 is 0 Å². The molecule has 0 unspecified atom stereocenters. The Balaban J connectivity index is 1.46. The van der Waals surface area contributed by atoms with Crippen LogP contribution in [0.3, 0.4) is 0 Å². The fourth-order valence-corrected chi connectivity index (χ4v) is 4.44. The second-order valence-electron chi connectivity index (χ2n) is 7.88. The van der Waals surface area contributed by atoms with Crippen LogP contribution >= 0.6 is 11.6 Å². The number of rotatable bonds is 3. The zero-order valence-electron chi connectivity index (χ0n) is 17.6. The van der Waals surface area contributed by atoms with Gasteiger partial charge in [-0.2, -0.15) is 9.97 Å². The van der Waals surface area contributed by atoms with E-state index < -0.39 is 0 Å². The van der Waals surface area contributed by atoms with E-state index in [9.17, 15) is 0 Å². The lowest BCUT2D eigenvalue weighted by Gasteiger charge is -2.10. The summed E-state index contributed by atoms with van der Waals surface area (Å²) in [4.78, 5) is 13.7. The van der Waals surface area contributed by atoms with Gasteiger partial charge in [-0.3, -0.25) is 0 Å². The molecule has 6 rings (SSSR count). The first-order chi connectivity index (χ1) is 16.3. The van der Waals surface area contributed by atoms with Gasteiger partial charge in [0, 0.05) is 11.1 Å². The van der Waals surface area contributed by atoms with Gasteiger partial charge in [0.15, 0.2) is 11.6 Å². The van der Waals surface area contributed by atoms with Crippen molar-refractivity contribution in [2.45, 2.75) is 0 Å². The minimum atomic E-state index is 0.180. The Morgan fingerprint density at radius 1 is 0.424 bits per heavy atom. The van der Waals surface area contributed by atoms with Crippen molar-refractivity contribution in [2.24, 2.45) is 0 Å². The van der Waals surface area contributed by atoms with Crippen LogP contribution in [-0.4, -0.2) is 15.0 Å². The van der Waals surface area contributed by atoms with E-state index in [2.05, 4.69) is 76.7 Å². The van der Waals surface area contributed by atoms with Crippen molar-refractivity contribution < 1.29 is 0 Å². The highest BCUT2D eigenvalue weighted by Crippen LogP contribution is 2.33. The van der Waals surface area contributed by atoms with Crippen LogP contribution in [0, 0.1) is 0 Å². The second-order valence-corrected chi connectivity index (χ2v) is 8.22. The van der Waals surface area contributed by atoms with Gasteiger partial charge in [-0.25, -0.2) is 4.98 Å². The molecule has 0 aliphatic carbocycles. The highest BCUT2D eigenvalue weighted by Gasteiger charge is 2.13. The highest BCUT2D eigenvalue weighted by molar-refractivity contribution is 6.28. The first kappa shape index (κ1) is 19.6. The third-order valence-electron chi connectivity index (χ3n) is 5.89. The Hall–Kier alpha value is -4.08. The maximum Gasteiger partial charge on any atom is 0.226 e. The number of aromatic nitrogens is 3. The average molecular weight is 444 g/mol. The molecular formula is C29H18ClN3. The lowest BCUT2D eigenvalue weighted by molar-refractivity contribution is 1.07. The molecule has 3 nitrogen and oxygen atoms in total. The summed E-state index contributed by atoms with van der Waals surface area (Å²) in [6.07, 6.45) is 0. The summed E-state index contributed by atoms with van der Waals surface area (Å²) in [5, 5.41) is 4.84. The molecule has 0 aliphatic rings. The minimum absolute atomic E-state index is 0.180. The molecule has 6 aromatic rings. The van der Waals surface area contributed by atoms with Crippen LogP contribution in [0.2, 0.25) is 5.28 Å². The van der Waals surface area contributed by atoms with E-state index in [1.807, 2.05) is 42.5 Å². The molecule has 1 aromatic heterocycles. The zero-order valence-corrected chi connectivity index (χ0v) is 18.4. The third kappa shape index (κ3) is 3.63. The third-order valence-corrected chi connectivity index (χ3v) is 6.05. The van der Waals surface area contributed by atoms with E-state index in [4.69, 9.17) is 16.6 Å². The van der Waals surface area contributed by atoms with Crippen molar-refractivity contribution in [3.8, 4) is 33.9 Å². The molecule has 0 fully saturated rings. The lowest BCUT2D eigenvalue weighted by Crippen LogP contribution is -1.98. The Morgan fingerprint density at radius 2 is 1.09 bits per heavy atom. The zero-order chi connectivity index (χ0) is 22.2. The van der Waals surface area contributed by atoms with Crippen LogP contribution in [0.15, 0.2) is 109 Å². The molecule has 0 saturated heterocycles. The molecule has 0 bridgehead atoms. The van der Waals surface area contributed by atoms with E-state index in [0.29, 0.717) is 11.6 Å². The van der Waals surface area contributed by atoms with Gasteiger partial charge in [0.2, 0.25) is 5.28 Å². The van der Waals surface area contributed by atoms with Gasteiger partial charge in [-0.15, -0.1) is 0 Å². The van der Waals surface area contributed by atoms with Crippen molar-refractivity contribution >= 4 is 33.1 Å². The van der Waals surface area contributed by atoms with Crippen LogP contribution in [0.4, 0.5) is 0 Å². The van der Waals surface area contributed by atoms with E-state index in [1.54, 1.807) is 0 Å². The fourth-order valence-electron chi connectivity index (χ4n) is 4.28. The number of nitrogens with zero attached hydrogens (tertiary/aromatic N) is 3. The Morgan fingerprint density at radius 3 is 1.94 bits per heavy atom. The van der Waals surface area contributed by atoms with Crippen LogP contribution in [0.1, 0.15) is 0 Å². The van der Waals surface area contributed by atoms with Crippen molar-refractivity contribution in [1.82, 2.24) is 15.0 Å². The smallest absolute Gasteiger partial charge is 0.208 e. The molecule has 0 spiro atoms. The Labute approximate surface area is 196 Å². The fraction of sp³-hybridized carbons (Fsp3) is 0. The monoisotopic (exact) mass is 443 g/mol. The number of hydrogen-bond donors (Lipinski definition) is 0. The van der Waals surface area contributed by atoms with Crippen molar-refractivity contribution in [3.63, 3.8) is 0 Å². The van der Waals surface area contributed by atoms with Crippen LogP contribution in [0.5, 0.6) is 0 Å². The van der Waals surface area contributed by atoms with Crippen LogP contribution in [-0.2, 0) is 0 Å². The first-order valence-corrected chi connectivity index (χ1v) is 11.1. The molecule has 0 N–H and O–H groups in total. The molecule has 156 valence electrons. The maximum atomic E-state index is 6.36. The Kier molecular flexibility index (Phi) is 4.82. The van der Waals surface area contributed by atoms with E-state index in [0.717, 1.165) is 27.5 Å². The molecule has 5 aromatic carbocycles. The standard InChI is InChI=1S/C29H18ClN3/c30-29-32-27(22-15-13-20(14-16-22)19-7-2-1-3-8-19)31-28(33-29)26-12-6-11-24-23-10-5-4-9-21(23)17-18-25(24)26/h1-18H. The number of halogens is 1. The van der Waals surface area contributed by atoms with Gasteiger partial charge in [0.1, 0.15) is 0 Å². The highest BCUT2D eigenvalue weighted by atomic mass is 35.5. The van der Waals surface area contributed by atoms with Gasteiger partial charge in [0.25, 0.3) is 0 Å². The van der Waals surface area contributed by atoms with E-state index in [-0.39, 0.29) is 5.28 Å². The molecule has 0 aliphatic heterocycles. The predicted octanol–water partition coefficient (Wildman–Crippen LogP) is 7.83. The van der Waals surface area contributed by atoms with Crippen molar-refractivity contribution in [1.29, 1.82) is 0 Å². The normalized spacial score (nSPS) is 11.2. The largest absolute Gasteiger partial charge is 0.226 e. The molecule has 0 atom stereocenters. The molecule has 0 saturated carbocycles. The quantitative estimate of drug-likeness (QED) is 0.261. The Bertz CT molecular complexity index is 1610. The van der Waals surface area contributed by atoms with Crippen molar-refractivity contribution in [3.05, 3.63) is 114 Å². The number of benzene rings is 5.